The number of carbonyl (C=O) groups excluding carboxylic acids is 2. The minimum absolute atomic E-state index is 0.176. The van der Waals surface area contributed by atoms with Crippen molar-refractivity contribution in [2.45, 2.75) is 0 Å². The summed E-state index contributed by atoms with van der Waals surface area (Å²) in [6, 6.07) is 8.73. The van der Waals surface area contributed by atoms with Crippen LogP contribution in [-0.2, 0) is 0 Å². The highest BCUT2D eigenvalue weighted by atomic mass is 19.2. The predicted molar refractivity (Wildman–Crippen MR) is 98.1 cm³/mol. The lowest BCUT2D eigenvalue weighted by Crippen LogP contribution is -2.17. The fourth-order valence-corrected chi connectivity index (χ4v) is 2.86. The Bertz CT molecular complexity index is 1320. The second-order valence-electron chi connectivity index (χ2n) is 6.24. The molecular formula is C21H10F4N2O3. The largest absolute Gasteiger partial charge is 0.443 e. The number of nitrogens with zero attached hydrogens (tertiary/aromatic N) is 1. The molecule has 0 aliphatic rings. The molecule has 0 radical (unpaired) electrons. The van der Waals surface area contributed by atoms with Crippen LogP contribution in [0.3, 0.4) is 0 Å². The van der Waals surface area contributed by atoms with E-state index in [0.717, 1.165) is 18.5 Å². The molecule has 4 aromatic rings. The molecule has 0 unspecified atom stereocenters. The summed E-state index contributed by atoms with van der Waals surface area (Å²) in [7, 11) is 0. The summed E-state index contributed by atoms with van der Waals surface area (Å²) in [5.74, 6) is -7.58. The highest BCUT2D eigenvalue weighted by Crippen LogP contribution is 2.28. The minimum atomic E-state index is -1.71. The van der Waals surface area contributed by atoms with Crippen molar-refractivity contribution in [3.8, 4) is 0 Å². The number of ketones is 1. The van der Waals surface area contributed by atoms with Gasteiger partial charge in [-0.15, -0.1) is 0 Å². The number of oxazole rings is 1. The van der Waals surface area contributed by atoms with Crippen LogP contribution in [-0.4, -0.2) is 16.7 Å². The Kier molecular flexibility index (Phi) is 4.78. The van der Waals surface area contributed by atoms with Gasteiger partial charge in [-0.3, -0.25) is 9.59 Å². The van der Waals surface area contributed by atoms with E-state index in [0.29, 0.717) is 11.6 Å². The van der Waals surface area contributed by atoms with Crippen LogP contribution in [0.4, 0.5) is 23.2 Å². The Morgan fingerprint density at radius 2 is 1.70 bits per heavy atom. The van der Waals surface area contributed by atoms with Crippen molar-refractivity contribution in [2.75, 3.05) is 5.32 Å². The second-order valence-corrected chi connectivity index (χ2v) is 6.24. The molecule has 0 atom stereocenters. The summed E-state index contributed by atoms with van der Waals surface area (Å²) in [4.78, 5) is 28.8. The fourth-order valence-electron chi connectivity index (χ4n) is 2.86. The number of halogens is 4. The fraction of sp³-hybridized carbons (Fsp3) is 0. The van der Waals surface area contributed by atoms with Gasteiger partial charge in [0.25, 0.3) is 5.91 Å². The Labute approximate surface area is 166 Å². The van der Waals surface area contributed by atoms with E-state index in [-0.39, 0.29) is 16.7 Å². The molecule has 0 bridgehead atoms. The lowest BCUT2D eigenvalue weighted by atomic mass is 10.0. The van der Waals surface area contributed by atoms with Crippen LogP contribution >= 0.6 is 0 Å². The van der Waals surface area contributed by atoms with Gasteiger partial charge in [-0.05, 0) is 36.4 Å². The second kappa shape index (κ2) is 7.43. The van der Waals surface area contributed by atoms with Crippen LogP contribution in [0.1, 0.15) is 26.3 Å². The molecule has 5 nitrogen and oxygen atoms in total. The van der Waals surface area contributed by atoms with E-state index in [1.807, 2.05) is 5.32 Å². The molecule has 0 saturated carbocycles. The summed E-state index contributed by atoms with van der Waals surface area (Å²) >= 11 is 0. The third-order valence-electron chi connectivity index (χ3n) is 4.31. The van der Waals surface area contributed by atoms with E-state index in [2.05, 4.69) is 4.98 Å². The number of fused-ring (bicyclic) bond motifs is 1. The standard InChI is InChI=1S/C21H10F4N2O3/c22-12-3-1-2-11(6-12)21(29)27-15-8-13(23)18(24)17(19(15)25)20(28)10-4-5-14-16(7-10)30-9-26-14/h1-9H,(H,27,29). The Balaban J connectivity index is 1.74. The smallest absolute Gasteiger partial charge is 0.255 e. The monoisotopic (exact) mass is 414 g/mol. The van der Waals surface area contributed by atoms with Gasteiger partial charge in [-0.2, -0.15) is 0 Å². The van der Waals surface area contributed by atoms with Crippen molar-refractivity contribution in [2.24, 2.45) is 0 Å². The van der Waals surface area contributed by atoms with Crippen LogP contribution in [0.15, 0.2) is 59.3 Å². The SMILES string of the molecule is O=C(Nc1cc(F)c(F)c(C(=O)c2ccc3ncoc3c2)c1F)c1cccc(F)c1. The number of aromatic nitrogens is 1. The summed E-state index contributed by atoms with van der Waals surface area (Å²) in [5.41, 5.74) is -1.71. The van der Waals surface area contributed by atoms with Crippen LogP contribution in [0.2, 0.25) is 0 Å². The van der Waals surface area contributed by atoms with Crippen molar-refractivity contribution in [3.05, 3.63) is 94.9 Å². The number of nitrogens with one attached hydrogen (secondary N) is 1. The quantitative estimate of drug-likeness (QED) is 0.294. The molecule has 0 spiro atoms. The third kappa shape index (κ3) is 3.41. The summed E-state index contributed by atoms with van der Waals surface area (Å²) < 4.78 is 61.6. The Morgan fingerprint density at radius 3 is 2.47 bits per heavy atom. The molecule has 1 amide bonds. The average molecular weight is 414 g/mol. The third-order valence-corrected chi connectivity index (χ3v) is 4.31. The van der Waals surface area contributed by atoms with Crippen molar-refractivity contribution < 1.29 is 31.6 Å². The topological polar surface area (TPSA) is 72.2 Å². The maximum atomic E-state index is 14.9. The molecule has 0 fully saturated rings. The summed E-state index contributed by atoms with van der Waals surface area (Å²) in [6.45, 7) is 0. The number of benzene rings is 3. The van der Waals surface area contributed by atoms with Gasteiger partial charge in [0.05, 0.1) is 11.3 Å². The van der Waals surface area contributed by atoms with Crippen LogP contribution in [0.25, 0.3) is 11.1 Å². The van der Waals surface area contributed by atoms with E-state index in [9.17, 15) is 27.2 Å². The number of carbonyl (C=O) groups is 2. The normalized spacial score (nSPS) is 10.9. The van der Waals surface area contributed by atoms with Crippen LogP contribution in [0.5, 0.6) is 0 Å². The number of hydrogen-bond acceptors (Lipinski definition) is 4. The van der Waals surface area contributed by atoms with Gasteiger partial charge in [0, 0.05) is 17.2 Å². The number of anilines is 1. The van der Waals surface area contributed by atoms with Crippen molar-refractivity contribution in [1.29, 1.82) is 0 Å². The van der Waals surface area contributed by atoms with Gasteiger partial charge in [-0.1, -0.05) is 6.07 Å². The van der Waals surface area contributed by atoms with Crippen molar-refractivity contribution in [3.63, 3.8) is 0 Å². The summed E-state index contributed by atoms with van der Waals surface area (Å²) in [5, 5.41) is 2.03. The number of rotatable bonds is 4. The first-order valence-electron chi connectivity index (χ1n) is 8.47. The first kappa shape index (κ1) is 19.3. The molecule has 0 saturated heterocycles. The van der Waals surface area contributed by atoms with Gasteiger partial charge in [0.2, 0.25) is 0 Å². The number of amides is 1. The maximum absolute atomic E-state index is 14.9. The zero-order valence-corrected chi connectivity index (χ0v) is 14.9. The molecule has 30 heavy (non-hydrogen) atoms. The number of hydrogen-bond donors (Lipinski definition) is 1. The molecule has 1 heterocycles. The first-order chi connectivity index (χ1) is 14.3. The van der Waals surface area contributed by atoms with E-state index >= 15 is 0 Å². The zero-order valence-electron chi connectivity index (χ0n) is 14.9. The Hall–Kier alpha value is -4.01. The predicted octanol–water partition coefficient (Wildman–Crippen LogP) is 4.87. The Morgan fingerprint density at radius 1 is 0.900 bits per heavy atom. The molecular weight excluding hydrogens is 404 g/mol. The average Bonchev–Trinajstić information content (AvgIpc) is 3.20. The molecule has 1 aromatic heterocycles. The summed E-state index contributed by atoms with van der Waals surface area (Å²) in [6.07, 6.45) is 1.13. The van der Waals surface area contributed by atoms with E-state index < -0.39 is 46.2 Å². The van der Waals surface area contributed by atoms with Gasteiger partial charge in [0.15, 0.2) is 35.2 Å². The van der Waals surface area contributed by atoms with Gasteiger partial charge in [0.1, 0.15) is 11.3 Å². The molecule has 3 aromatic carbocycles. The van der Waals surface area contributed by atoms with E-state index in [1.54, 1.807) is 0 Å². The zero-order chi connectivity index (χ0) is 21.4. The van der Waals surface area contributed by atoms with Gasteiger partial charge < -0.3 is 9.73 Å². The van der Waals surface area contributed by atoms with Crippen LogP contribution < -0.4 is 5.32 Å². The minimum Gasteiger partial charge on any atom is -0.443 e. The van der Waals surface area contributed by atoms with Gasteiger partial charge in [-0.25, -0.2) is 22.5 Å². The molecule has 1 N–H and O–H groups in total. The van der Waals surface area contributed by atoms with Gasteiger partial charge >= 0.3 is 0 Å². The van der Waals surface area contributed by atoms with E-state index in [1.165, 1.54) is 30.3 Å². The van der Waals surface area contributed by atoms with E-state index in [4.69, 9.17) is 4.42 Å². The molecule has 0 aliphatic heterocycles. The van der Waals surface area contributed by atoms with Crippen molar-refractivity contribution in [1.82, 2.24) is 4.98 Å². The first-order valence-corrected chi connectivity index (χ1v) is 8.47. The van der Waals surface area contributed by atoms with Crippen LogP contribution in [0, 0.1) is 23.3 Å². The lowest BCUT2D eigenvalue weighted by molar-refractivity contribution is 0.101. The maximum Gasteiger partial charge on any atom is 0.255 e. The molecule has 9 heteroatoms. The highest BCUT2D eigenvalue weighted by molar-refractivity contribution is 6.12. The van der Waals surface area contributed by atoms with Crippen molar-refractivity contribution >= 4 is 28.5 Å². The lowest BCUT2D eigenvalue weighted by Gasteiger charge is -2.12. The molecule has 0 aliphatic carbocycles. The highest BCUT2D eigenvalue weighted by Gasteiger charge is 2.27. The molecule has 150 valence electrons. The molecule has 4 rings (SSSR count).